The lowest BCUT2D eigenvalue weighted by molar-refractivity contribution is -0.123. The van der Waals surface area contributed by atoms with Crippen LogP contribution in [0.2, 0.25) is 0 Å². The Hall–Kier alpha value is -2.55. The number of ketones is 1. The minimum absolute atomic E-state index is 0.0580. The van der Waals surface area contributed by atoms with Crippen LogP contribution in [-0.2, 0) is 21.2 Å². The largest absolute Gasteiger partial charge is 0.311 e. The van der Waals surface area contributed by atoms with Crippen molar-refractivity contribution in [2.45, 2.75) is 37.6 Å². The van der Waals surface area contributed by atoms with Crippen LogP contribution in [0.1, 0.15) is 36.2 Å². The van der Waals surface area contributed by atoms with Gasteiger partial charge in [0, 0.05) is 44.0 Å². The molecule has 170 valence electrons. The first-order chi connectivity index (χ1) is 15.3. The minimum atomic E-state index is -3.69. The summed E-state index contributed by atoms with van der Waals surface area (Å²) < 4.78 is 27.6. The fourth-order valence-electron chi connectivity index (χ4n) is 4.50. The van der Waals surface area contributed by atoms with Crippen molar-refractivity contribution in [3.8, 4) is 0 Å². The van der Waals surface area contributed by atoms with Gasteiger partial charge in [-0.25, -0.2) is 8.42 Å². The summed E-state index contributed by atoms with van der Waals surface area (Å²) in [5, 5.41) is 0. The lowest BCUT2D eigenvalue weighted by Gasteiger charge is -2.39. The summed E-state index contributed by atoms with van der Waals surface area (Å²) in [6.45, 7) is 5.61. The first kappa shape index (κ1) is 22.6. The maximum absolute atomic E-state index is 13.3. The molecule has 1 saturated heterocycles. The van der Waals surface area contributed by atoms with E-state index in [1.54, 1.807) is 12.1 Å². The van der Waals surface area contributed by atoms with Gasteiger partial charge in [0.1, 0.15) is 0 Å². The van der Waals surface area contributed by atoms with Crippen molar-refractivity contribution < 1.29 is 18.0 Å². The zero-order valence-electron chi connectivity index (χ0n) is 18.5. The smallest absolute Gasteiger partial charge is 0.244 e. The summed E-state index contributed by atoms with van der Waals surface area (Å²) in [5.74, 6) is -0.110. The number of fused-ring (bicyclic) bond motifs is 1. The molecule has 2 heterocycles. The van der Waals surface area contributed by atoms with Gasteiger partial charge in [0.05, 0.1) is 10.9 Å². The Morgan fingerprint density at radius 3 is 2.38 bits per heavy atom. The fourth-order valence-corrected chi connectivity index (χ4v) is 5.97. The maximum atomic E-state index is 13.3. The van der Waals surface area contributed by atoms with Crippen LogP contribution in [-0.4, -0.2) is 68.1 Å². The van der Waals surface area contributed by atoms with Crippen molar-refractivity contribution in [2.24, 2.45) is 0 Å². The number of piperazine rings is 1. The Balaban J connectivity index is 1.43. The SMILES string of the molecule is CC(=O)c1cccc(S(=O)(=O)N2CCN(C(C)C(=O)N3CCCc4ccccc43)CC2)c1. The fraction of sp³-hybridized carbons (Fsp3) is 0.417. The number of hydrogen-bond donors (Lipinski definition) is 0. The first-order valence-corrected chi connectivity index (χ1v) is 12.5. The van der Waals surface area contributed by atoms with E-state index < -0.39 is 10.0 Å². The van der Waals surface area contributed by atoms with Crippen molar-refractivity contribution in [3.05, 3.63) is 59.7 Å². The average molecular weight is 456 g/mol. The monoisotopic (exact) mass is 455 g/mol. The summed E-state index contributed by atoms with van der Waals surface area (Å²) in [6.07, 6.45) is 1.93. The third kappa shape index (κ3) is 4.35. The highest BCUT2D eigenvalue weighted by Gasteiger charge is 2.34. The molecule has 7 nitrogen and oxygen atoms in total. The predicted octanol–water partition coefficient (Wildman–Crippen LogP) is 2.56. The van der Waals surface area contributed by atoms with E-state index in [0.717, 1.165) is 18.5 Å². The molecule has 0 N–H and O–H groups in total. The number of carbonyl (C=O) groups excluding carboxylic acids is 2. The van der Waals surface area contributed by atoms with Crippen molar-refractivity contribution in [1.82, 2.24) is 9.21 Å². The molecule has 0 aliphatic carbocycles. The van der Waals surface area contributed by atoms with Gasteiger partial charge in [-0.05, 0) is 50.5 Å². The van der Waals surface area contributed by atoms with Gasteiger partial charge in [0.2, 0.25) is 15.9 Å². The third-order valence-electron chi connectivity index (χ3n) is 6.43. The quantitative estimate of drug-likeness (QED) is 0.648. The van der Waals surface area contributed by atoms with Gasteiger partial charge in [-0.1, -0.05) is 30.3 Å². The normalized spacial score (nSPS) is 18.8. The number of carbonyl (C=O) groups is 2. The lowest BCUT2D eigenvalue weighted by atomic mass is 10.0. The summed E-state index contributed by atoms with van der Waals surface area (Å²) in [4.78, 5) is 29.0. The van der Waals surface area contributed by atoms with Gasteiger partial charge in [0.15, 0.2) is 5.78 Å². The number of hydrogen-bond acceptors (Lipinski definition) is 5. The van der Waals surface area contributed by atoms with Gasteiger partial charge in [-0.15, -0.1) is 0 Å². The number of aryl methyl sites for hydroxylation is 1. The Bertz CT molecular complexity index is 1120. The molecule has 8 heteroatoms. The number of para-hydroxylation sites is 1. The average Bonchev–Trinajstić information content (AvgIpc) is 2.83. The minimum Gasteiger partial charge on any atom is -0.311 e. The first-order valence-electron chi connectivity index (χ1n) is 11.0. The molecule has 32 heavy (non-hydrogen) atoms. The molecule has 0 saturated carbocycles. The van der Waals surface area contributed by atoms with E-state index in [9.17, 15) is 18.0 Å². The van der Waals surface area contributed by atoms with Gasteiger partial charge in [-0.2, -0.15) is 4.31 Å². The lowest BCUT2D eigenvalue weighted by Crippen LogP contribution is -2.56. The number of Topliss-reactive ketones (excluding diaryl/α,β-unsaturated/α-hetero) is 1. The zero-order valence-corrected chi connectivity index (χ0v) is 19.3. The summed E-state index contributed by atoms with van der Waals surface area (Å²) in [6, 6.07) is 13.9. The van der Waals surface area contributed by atoms with E-state index in [1.807, 2.05) is 30.0 Å². The van der Waals surface area contributed by atoms with Crippen molar-refractivity contribution in [1.29, 1.82) is 0 Å². The van der Waals surface area contributed by atoms with E-state index in [-0.39, 0.29) is 22.6 Å². The van der Waals surface area contributed by atoms with E-state index in [0.29, 0.717) is 38.3 Å². The Kier molecular flexibility index (Phi) is 6.46. The van der Waals surface area contributed by atoms with Crippen LogP contribution in [0.4, 0.5) is 5.69 Å². The Morgan fingerprint density at radius 2 is 1.66 bits per heavy atom. The molecule has 2 aromatic carbocycles. The molecule has 1 unspecified atom stereocenters. The zero-order chi connectivity index (χ0) is 22.9. The number of rotatable bonds is 5. The molecule has 2 aliphatic rings. The van der Waals surface area contributed by atoms with Crippen LogP contribution < -0.4 is 4.90 Å². The molecule has 1 fully saturated rings. The van der Waals surface area contributed by atoms with Crippen molar-refractivity contribution in [3.63, 3.8) is 0 Å². The number of amides is 1. The van der Waals surface area contributed by atoms with Crippen LogP contribution in [0.15, 0.2) is 53.4 Å². The second-order valence-corrected chi connectivity index (χ2v) is 10.4. The molecule has 1 atom stereocenters. The van der Waals surface area contributed by atoms with E-state index in [2.05, 4.69) is 11.0 Å². The molecule has 0 aromatic heterocycles. The summed E-state index contributed by atoms with van der Waals surface area (Å²) in [5.41, 5.74) is 2.57. The molecule has 2 aromatic rings. The summed E-state index contributed by atoms with van der Waals surface area (Å²) in [7, 11) is -3.69. The third-order valence-corrected chi connectivity index (χ3v) is 8.33. The van der Waals surface area contributed by atoms with E-state index in [4.69, 9.17) is 0 Å². The van der Waals surface area contributed by atoms with Gasteiger partial charge in [0.25, 0.3) is 0 Å². The molecule has 2 aliphatic heterocycles. The molecule has 0 bridgehead atoms. The van der Waals surface area contributed by atoms with Crippen LogP contribution in [0, 0.1) is 0 Å². The number of nitrogens with zero attached hydrogens (tertiary/aromatic N) is 3. The highest BCUT2D eigenvalue weighted by Crippen LogP contribution is 2.28. The molecule has 0 spiro atoms. The van der Waals surface area contributed by atoms with E-state index in [1.165, 1.54) is 28.9 Å². The highest BCUT2D eigenvalue weighted by molar-refractivity contribution is 7.89. The van der Waals surface area contributed by atoms with Crippen LogP contribution in [0.3, 0.4) is 0 Å². The Labute approximate surface area is 189 Å². The predicted molar refractivity (Wildman–Crippen MR) is 123 cm³/mol. The summed E-state index contributed by atoms with van der Waals surface area (Å²) >= 11 is 0. The molecule has 4 rings (SSSR count). The topological polar surface area (TPSA) is 78.0 Å². The van der Waals surface area contributed by atoms with Crippen molar-refractivity contribution in [2.75, 3.05) is 37.6 Å². The Morgan fingerprint density at radius 1 is 0.938 bits per heavy atom. The van der Waals surface area contributed by atoms with Crippen LogP contribution in [0.5, 0.6) is 0 Å². The standard InChI is InChI=1S/C24H29N3O4S/c1-18(24(29)27-12-6-9-20-7-3-4-11-23(20)27)25-13-15-26(16-14-25)32(30,31)22-10-5-8-21(17-22)19(2)28/h3-5,7-8,10-11,17-18H,6,9,12-16H2,1-2H3. The van der Waals surface area contributed by atoms with Gasteiger partial charge in [-0.3, -0.25) is 14.5 Å². The van der Waals surface area contributed by atoms with Crippen LogP contribution in [0.25, 0.3) is 0 Å². The number of sulfonamides is 1. The number of anilines is 1. The molecular weight excluding hydrogens is 426 g/mol. The van der Waals surface area contributed by atoms with E-state index >= 15 is 0 Å². The molecular formula is C24H29N3O4S. The highest BCUT2D eigenvalue weighted by atomic mass is 32.2. The molecule has 1 amide bonds. The number of benzene rings is 2. The second kappa shape index (κ2) is 9.13. The molecule has 0 radical (unpaired) electrons. The van der Waals surface area contributed by atoms with Gasteiger partial charge >= 0.3 is 0 Å². The van der Waals surface area contributed by atoms with Crippen molar-refractivity contribution >= 4 is 27.4 Å². The van der Waals surface area contributed by atoms with Crippen LogP contribution >= 0.6 is 0 Å². The van der Waals surface area contributed by atoms with Gasteiger partial charge < -0.3 is 4.90 Å². The second-order valence-electron chi connectivity index (χ2n) is 8.42. The maximum Gasteiger partial charge on any atom is 0.244 e.